The average Bonchev–Trinajstić information content (AvgIpc) is 3.06. The van der Waals surface area contributed by atoms with Crippen LogP contribution in [0.25, 0.3) is 10.2 Å². The number of esters is 1. The summed E-state index contributed by atoms with van der Waals surface area (Å²) in [5.74, 6) is -0.503. The van der Waals surface area contributed by atoms with Gasteiger partial charge in [-0.15, -0.1) is 11.3 Å². The molecule has 0 saturated heterocycles. The molecule has 0 aliphatic heterocycles. The highest BCUT2D eigenvalue weighted by molar-refractivity contribution is 7.20. The fourth-order valence-corrected chi connectivity index (χ4v) is 4.44. The Labute approximate surface area is 171 Å². The molecule has 0 atom stereocenters. The van der Waals surface area contributed by atoms with Crippen LogP contribution in [-0.2, 0) is 24.2 Å². The molecule has 7 nitrogen and oxygen atoms in total. The molecule has 2 aromatic heterocycles. The van der Waals surface area contributed by atoms with Gasteiger partial charge in [0.2, 0.25) is 0 Å². The predicted octanol–water partition coefficient (Wildman–Crippen LogP) is 2.87. The van der Waals surface area contributed by atoms with Crippen LogP contribution >= 0.6 is 11.3 Å². The molecule has 8 heteroatoms. The van der Waals surface area contributed by atoms with E-state index in [1.54, 1.807) is 13.8 Å². The summed E-state index contributed by atoms with van der Waals surface area (Å²) in [7, 11) is 0. The molecule has 0 saturated carbocycles. The number of benzene rings is 1. The molecule has 0 aliphatic rings. The van der Waals surface area contributed by atoms with Crippen molar-refractivity contribution < 1.29 is 9.53 Å². The standard InChI is InChI=1S/C21H21N3O4S/c1-3-28-20(26)17-14(2)16-18(25)23(12-7-11-22)21(27)24(19(16)29-17)13-10-15-8-5-4-6-9-15/h4-6,8-9H,3,7,10,12-13H2,1-2H3. The Morgan fingerprint density at radius 2 is 1.90 bits per heavy atom. The van der Waals surface area contributed by atoms with E-state index in [2.05, 4.69) is 0 Å². The lowest BCUT2D eigenvalue weighted by molar-refractivity contribution is 0.0531. The summed E-state index contributed by atoms with van der Waals surface area (Å²) in [6.45, 7) is 3.99. The van der Waals surface area contributed by atoms with E-state index in [0.29, 0.717) is 33.6 Å². The second kappa shape index (κ2) is 8.88. The summed E-state index contributed by atoms with van der Waals surface area (Å²) in [5, 5.41) is 9.24. The SMILES string of the molecule is CCOC(=O)c1sc2c(c1C)c(=O)n(CCC#N)c(=O)n2CCc1ccccc1. The van der Waals surface area contributed by atoms with Gasteiger partial charge >= 0.3 is 11.7 Å². The topological polar surface area (TPSA) is 94.1 Å². The van der Waals surface area contributed by atoms with Crippen LogP contribution in [0.15, 0.2) is 39.9 Å². The predicted molar refractivity (Wildman–Crippen MR) is 111 cm³/mol. The van der Waals surface area contributed by atoms with Crippen LogP contribution in [0.4, 0.5) is 0 Å². The van der Waals surface area contributed by atoms with Crippen molar-refractivity contribution in [3.05, 3.63) is 67.2 Å². The first-order valence-electron chi connectivity index (χ1n) is 9.34. The van der Waals surface area contributed by atoms with E-state index in [-0.39, 0.29) is 19.6 Å². The van der Waals surface area contributed by atoms with Gasteiger partial charge in [0.25, 0.3) is 5.56 Å². The number of aromatic nitrogens is 2. The highest BCUT2D eigenvalue weighted by Gasteiger charge is 2.23. The third-order valence-electron chi connectivity index (χ3n) is 4.67. The van der Waals surface area contributed by atoms with Crippen molar-refractivity contribution in [2.45, 2.75) is 39.8 Å². The number of carbonyl (C=O) groups excluding carboxylic acids is 1. The third kappa shape index (κ3) is 4.00. The minimum atomic E-state index is -0.503. The van der Waals surface area contributed by atoms with Crippen molar-refractivity contribution in [3.63, 3.8) is 0 Å². The van der Waals surface area contributed by atoms with Crippen LogP contribution in [-0.4, -0.2) is 21.7 Å². The van der Waals surface area contributed by atoms with E-state index in [4.69, 9.17) is 10.00 Å². The Bertz CT molecular complexity index is 1200. The zero-order valence-electron chi connectivity index (χ0n) is 16.3. The highest BCUT2D eigenvalue weighted by Crippen LogP contribution is 2.28. The Kier molecular flexibility index (Phi) is 6.29. The maximum atomic E-state index is 13.1. The number of rotatable bonds is 7. The lowest BCUT2D eigenvalue weighted by Crippen LogP contribution is -2.40. The number of aryl methyl sites for hydroxylation is 3. The van der Waals surface area contributed by atoms with E-state index in [0.717, 1.165) is 21.5 Å². The van der Waals surface area contributed by atoms with Crippen molar-refractivity contribution in [3.8, 4) is 6.07 Å². The molecule has 2 heterocycles. The number of carbonyl (C=O) groups is 1. The Morgan fingerprint density at radius 1 is 1.17 bits per heavy atom. The Morgan fingerprint density at radius 3 is 2.55 bits per heavy atom. The lowest BCUT2D eigenvalue weighted by Gasteiger charge is -2.11. The van der Waals surface area contributed by atoms with Crippen LogP contribution in [0.1, 0.15) is 34.1 Å². The van der Waals surface area contributed by atoms with E-state index in [9.17, 15) is 14.4 Å². The number of thiophene rings is 1. The normalized spacial score (nSPS) is 10.8. The minimum absolute atomic E-state index is 0.0134. The van der Waals surface area contributed by atoms with Gasteiger partial charge in [-0.2, -0.15) is 5.26 Å². The zero-order valence-corrected chi connectivity index (χ0v) is 17.1. The van der Waals surface area contributed by atoms with Gasteiger partial charge in [0.15, 0.2) is 0 Å². The monoisotopic (exact) mass is 411 g/mol. The number of nitriles is 1. The van der Waals surface area contributed by atoms with Gasteiger partial charge in [-0.25, -0.2) is 9.59 Å². The quantitative estimate of drug-likeness (QED) is 0.557. The summed E-state index contributed by atoms with van der Waals surface area (Å²) in [4.78, 5) is 39.2. The largest absolute Gasteiger partial charge is 0.462 e. The van der Waals surface area contributed by atoms with E-state index < -0.39 is 17.2 Å². The smallest absolute Gasteiger partial charge is 0.348 e. The molecule has 3 rings (SSSR count). The van der Waals surface area contributed by atoms with E-state index in [1.807, 2.05) is 36.4 Å². The number of nitrogens with zero attached hydrogens (tertiary/aromatic N) is 3. The van der Waals surface area contributed by atoms with Crippen LogP contribution in [0.5, 0.6) is 0 Å². The van der Waals surface area contributed by atoms with Crippen LogP contribution in [0.3, 0.4) is 0 Å². The van der Waals surface area contributed by atoms with Crippen molar-refractivity contribution in [2.75, 3.05) is 6.61 Å². The number of fused-ring (bicyclic) bond motifs is 1. The van der Waals surface area contributed by atoms with Gasteiger partial charge in [-0.3, -0.25) is 13.9 Å². The zero-order chi connectivity index (χ0) is 21.0. The Hall–Kier alpha value is -3.18. The van der Waals surface area contributed by atoms with Gasteiger partial charge in [0.1, 0.15) is 9.71 Å². The molecule has 29 heavy (non-hydrogen) atoms. The van der Waals surface area contributed by atoms with Gasteiger partial charge in [0.05, 0.1) is 24.5 Å². The molecule has 0 aliphatic carbocycles. The number of hydrogen-bond acceptors (Lipinski definition) is 6. The lowest BCUT2D eigenvalue weighted by atomic mass is 10.1. The molecular weight excluding hydrogens is 390 g/mol. The summed E-state index contributed by atoms with van der Waals surface area (Å²) in [5.41, 5.74) is 0.625. The second-order valence-electron chi connectivity index (χ2n) is 6.49. The summed E-state index contributed by atoms with van der Waals surface area (Å²) >= 11 is 1.10. The average molecular weight is 411 g/mol. The molecule has 3 aromatic rings. The molecule has 1 aromatic carbocycles. The van der Waals surface area contributed by atoms with Crippen LogP contribution in [0.2, 0.25) is 0 Å². The molecule has 0 N–H and O–H groups in total. The maximum Gasteiger partial charge on any atom is 0.348 e. The van der Waals surface area contributed by atoms with Gasteiger partial charge in [0, 0.05) is 13.1 Å². The van der Waals surface area contributed by atoms with Crippen molar-refractivity contribution in [2.24, 2.45) is 0 Å². The first-order valence-corrected chi connectivity index (χ1v) is 10.2. The molecule has 0 spiro atoms. The molecular formula is C21H21N3O4S. The van der Waals surface area contributed by atoms with Crippen molar-refractivity contribution in [1.29, 1.82) is 5.26 Å². The summed E-state index contributed by atoms with van der Waals surface area (Å²) in [6, 6.07) is 11.7. The second-order valence-corrected chi connectivity index (χ2v) is 7.49. The minimum Gasteiger partial charge on any atom is -0.462 e. The van der Waals surface area contributed by atoms with Crippen molar-refractivity contribution in [1.82, 2.24) is 9.13 Å². The van der Waals surface area contributed by atoms with Gasteiger partial charge < -0.3 is 4.74 Å². The highest BCUT2D eigenvalue weighted by atomic mass is 32.1. The molecule has 0 bridgehead atoms. The Balaban J connectivity index is 2.19. The van der Waals surface area contributed by atoms with Crippen LogP contribution in [0, 0.1) is 18.3 Å². The molecule has 150 valence electrons. The van der Waals surface area contributed by atoms with Crippen LogP contribution < -0.4 is 11.2 Å². The molecule has 0 radical (unpaired) electrons. The molecule has 0 fully saturated rings. The van der Waals surface area contributed by atoms with E-state index >= 15 is 0 Å². The summed E-state index contributed by atoms with van der Waals surface area (Å²) < 4.78 is 7.72. The molecule has 0 amide bonds. The maximum absolute atomic E-state index is 13.1. The van der Waals surface area contributed by atoms with Crippen molar-refractivity contribution >= 4 is 27.5 Å². The fraction of sp³-hybridized carbons (Fsp3) is 0.333. The first kappa shape index (κ1) is 20.6. The third-order valence-corrected chi connectivity index (χ3v) is 5.96. The fourth-order valence-electron chi connectivity index (χ4n) is 3.23. The van der Waals surface area contributed by atoms with E-state index in [1.165, 1.54) is 4.57 Å². The first-order chi connectivity index (χ1) is 14.0. The molecule has 0 unspecified atom stereocenters. The van der Waals surface area contributed by atoms with Gasteiger partial charge in [-0.05, 0) is 31.4 Å². The van der Waals surface area contributed by atoms with Gasteiger partial charge in [-0.1, -0.05) is 30.3 Å². The number of hydrogen-bond donors (Lipinski definition) is 0. The summed E-state index contributed by atoms with van der Waals surface area (Å²) in [6.07, 6.45) is 0.644. The number of ether oxygens (including phenoxy) is 1.